The Morgan fingerprint density at radius 1 is 1.36 bits per heavy atom. The van der Waals surface area contributed by atoms with Crippen molar-refractivity contribution in [2.45, 2.75) is 38.8 Å². The predicted molar refractivity (Wildman–Crippen MR) is 86.1 cm³/mol. The van der Waals surface area contributed by atoms with Crippen molar-refractivity contribution in [2.75, 3.05) is 11.5 Å². The average Bonchev–Trinajstić information content (AvgIpc) is 2.41. The summed E-state index contributed by atoms with van der Waals surface area (Å²) in [6.45, 7) is 5.18. The van der Waals surface area contributed by atoms with Crippen molar-refractivity contribution in [1.29, 1.82) is 0 Å². The Bertz CT molecular complexity index is 488. The number of carbonyl (C=O) groups excluding carboxylic acids is 1. The van der Waals surface area contributed by atoms with Crippen molar-refractivity contribution in [2.24, 2.45) is 0 Å². The average molecular weight is 326 g/mol. The summed E-state index contributed by atoms with van der Waals surface area (Å²) in [5.41, 5.74) is 0.496. The van der Waals surface area contributed by atoms with E-state index >= 15 is 0 Å². The van der Waals surface area contributed by atoms with E-state index in [0.29, 0.717) is 5.75 Å². The van der Waals surface area contributed by atoms with Crippen molar-refractivity contribution in [3.05, 3.63) is 30.1 Å². The summed E-state index contributed by atoms with van der Waals surface area (Å²) in [4.78, 5) is 26.7. The number of pyridine rings is 1. The first-order chi connectivity index (χ1) is 10.3. The molecule has 0 aliphatic carbocycles. The van der Waals surface area contributed by atoms with Gasteiger partial charge in [0.2, 0.25) is 0 Å². The van der Waals surface area contributed by atoms with E-state index in [1.54, 1.807) is 33.2 Å². The molecular weight excluding hydrogens is 304 g/mol. The van der Waals surface area contributed by atoms with Crippen LogP contribution in [0.1, 0.15) is 26.3 Å². The van der Waals surface area contributed by atoms with Gasteiger partial charge in [-0.2, -0.15) is 11.8 Å². The van der Waals surface area contributed by atoms with Crippen molar-refractivity contribution in [3.63, 3.8) is 0 Å². The number of carboxylic acids is 1. The van der Waals surface area contributed by atoms with Gasteiger partial charge in [-0.1, -0.05) is 0 Å². The molecule has 1 atom stereocenters. The molecule has 1 aromatic heterocycles. The molecule has 1 rings (SSSR count). The second-order valence-corrected chi connectivity index (χ2v) is 6.87. The lowest BCUT2D eigenvalue weighted by molar-refractivity contribution is -0.138. The summed E-state index contributed by atoms with van der Waals surface area (Å²) in [5, 5.41) is 11.5. The van der Waals surface area contributed by atoms with E-state index < -0.39 is 23.7 Å². The smallest absolute Gasteiger partial charge is 0.408 e. The summed E-state index contributed by atoms with van der Waals surface area (Å²) in [6.07, 6.45) is 3.56. The highest BCUT2D eigenvalue weighted by atomic mass is 32.2. The van der Waals surface area contributed by atoms with Crippen LogP contribution in [0.2, 0.25) is 0 Å². The van der Waals surface area contributed by atoms with E-state index in [1.807, 2.05) is 12.1 Å². The fourth-order valence-corrected chi connectivity index (χ4v) is 2.57. The third kappa shape index (κ3) is 7.87. The number of nitrogens with zero attached hydrogens (tertiary/aromatic N) is 1. The summed E-state index contributed by atoms with van der Waals surface area (Å²) in [6, 6.07) is 2.89. The molecule has 6 nitrogen and oxygen atoms in total. The molecule has 0 aliphatic rings. The molecule has 0 spiro atoms. The number of ether oxygens (including phenoxy) is 1. The molecule has 0 aromatic carbocycles. The zero-order valence-corrected chi connectivity index (χ0v) is 13.9. The maximum absolute atomic E-state index is 11.6. The van der Waals surface area contributed by atoms with E-state index in [4.69, 9.17) is 9.84 Å². The van der Waals surface area contributed by atoms with Crippen LogP contribution in [0.3, 0.4) is 0 Å². The third-order valence-electron chi connectivity index (χ3n) is 2.56. The molecule has 2 N–H and O–H groups in total. The van der Waals surface area contributed by atoms with E-state index in [-0.39, 0.29) is 0 Å². The first-order valence-corrected chi connectivity index (χ1v) is 8.12. The highest BCUT2D eigenvalue weighted by Gasteiger charge is 2.23. The van der Waals surface area contributed by atoms with Crippen LogP contribution in [0.25, 0.3) is 0 Å². The van der Waals surface area contributed by atoms with Gasteiger partial charge in [0, 0.05) is 18.1 Å². The number of nitrogens with one attached hydrogen (secondary N) is 1. The number of aryl methyl sites for hydroxylation is 1. The molecule has 1 amide bonds. The largest absolute Gasteiger partial charge is 0.480 e. The van der Waals surface area contributed by atoms with E-state index in [0.717, 1.165) is 17.7 Å². The number of alkyl carbamates (subject to hydrolysis) is 1. The Kier molecular flexibility index (Phi) is 7.17. The lowest BCUT2D eigenvalue weighted by Crippen LogP contribution is -2.45. The maximum atomic E-state index is 11.6. The van der Waals surface area contributed by atoms with E-state index in [2.05, 4.69) is 10.3 Å². The lowest BCUT2D eigenvalue weighted by Gasteiger charge is -2.21. The van der Waals surface area contributed by atoms with Crippen LogP contribution >= 0.6 is 11.8 Å². The number of aliphatic carboxylic acids is 1. The number of aromatic nitrogens is 1. The normalized spacial score (nSPS) is 12.5. The number of carboxylic acid groups (broad SMARTS) is 1. The molecule has 0 unspecified atom stereocenters. The van der Waals surface area contributed by atoms with Crippen molar-refractivity contribution in [3.8, 4) is 0 Å². The van der Waals surface area contributed by atoms with Crippen LogP contribution in [0, 0.1) is 0 Å². The van der Waals surface area contributed by atoms with Crippen LogP contribution in [0.15, 0.2) is 24.5 Å². The number of hydrogen-bond acceptors (Lipinski definition) is 5. The summed E-state index contributed by atoms with van der Waals surface area (Å²) in [7, 11) is 0. The maximum Gasteiger partial charge on any atom is 0.408 e. The Morgan fingerprint density at radius 2 is 2.00 bits per heavy atom. The van der Waals surface area contributed by atoms with Gasteiger partial charge in [0.25, 0.3) is 0 Å². The van der Waals surface area contributed by atoms with Gasteiger partial charge in [-0.15, -0.1) is 0 Å². The van der Waals surface area contributed by atoms with E-state index in [1.165, 1.54) is 11.8 Å². The highest BCUT2D eigenvalue weighted by molar-refractivity contribution is 7.99. The Morgan fingerprint density at radius 3 is 2.55 bits per heavy atom. The zero-order chi connectivity index (χ0) is 16.6. The molecule has 1 heterocycles. The van der Waals surface area contributed by atoms with Gasteiger partial charge < -0.3 is 15.2 Å². The Hall–Kier alpha value is -1.76. The Labute approximate surface area is 134 Å². The van der Waals surface area contributed by atoms with Crippen molar-refractivity contribution < 1.29 is 19.4 Å². The monoisotopic (exact) mass is 326 g/mol. The van der Waals surface area contributed by atoms with Gasteiger partial charge in [-0.3, -0.25) is 4.98 Å². The molecule has 0 radical (unpaired) electrons. The molecule has 1 aromatic rings. The van der Waals surface area contributed by atoms with Crippen molar-refractivity contribution in [1.82, 2.24) is 10.3 Å². The number of hydrogen-bond donors (Lipinski definition) is 2. The van der Waals surface area contributed by atoms with Crippen LogP contribution in [0.5, 0.6) is 0 Å². The SMILES string of the molecule is CC(C)(C)OC(=O)N[C@H](CSCCc1ccncc1)C(=O)O. The number of thioether (sulfide) groups is 1. The molecular formula is C15H22N2O4S. The number of rotatable bonds is 7. The van der Waals surface area contributed by atoms with Crippen LogP contribution in [-0.2, 0) is 16.0 Å². The topological polar surface area (TPSA) is 88.5 Å². The standard InChI is InChI=1S/C15H22N2O4S/c1-15(2,3)21-14(20)17-12(13(18)19)10-22-9-6-11-4-7-16-8-5-11/h4-5,7-8,12H,6,9-10H2,1-3H3,(H,17,20)(H,18,19)/t12-/m1/s1. The molecule has 122 valence electrons. The predicted octanol–water partition coefficient (Wildman–Crippen LogP) is 2.34. The number of amides is 1. The first-order valence-electron chi connectivity index (χ1n) is 6.97. The molecule has 22 heavy (non-hydrogen) atoms. The van der Waals surface area contributed by atoms with Crippen LogP contribution in [-0.4, -0.2) is 45.3 Å². The fraction of sp³-hybridized carbons (Fsp3) is 0.533. The molecule has 0 saturated carbocycles. The molecule has 0 fully saturated rings. The molecule has 7 heteroatoms. The Balaban J connectivity index is 2.35. The minimum absolute atomic E-state index is 0.291. The third-order valence-corrected chi connectivity index (χ3v) is 3.62. The summed E-state index contributed by atoms with van der Waals surface area (Å²) < 4.78 is 5.06. The number of carbonyl (C=O) groups is 2. The molecule has 0 aliphatic heterocycles. The highest BCUT2D eigenvalue weighted by Crippen LogP contribution is 2.10. The van der Waals surface area contributed by atoms with Gasteiger partial charge >= 0.3 is 12.1 Å². The lowest BCUT2D eigenvalue weighted by atomic mass is 10.2. The quantitative estimate of drug-likeness (QED) is 0.748. The van der Waals surface area contributed by atoms with Gasteiger partial charge in [-0.05, 0) is 50.6 Å². The second-order valence-electron chi connectivity index (χ2n) is 5.72. The molecule has 0 bridgehead atoms. The minimum Gasteiger partial charge on any atom is -0.480 e. The van der Waals surface area contributed by atoms with Crippen molar-refractivity contribution >= 4 is 23.8 Å². The minimum atomic E-state index is -1.07. The van der Waals surface area contributed by atoms with Gasteiger partial charge in [-0.25, -0.2) is 9.59 Å². The van der Waals surface area contributed by atoms with Gasteiger partial charge in [0.1, 0.15) is 11.6 Å². The molecule has 0 saturated heterocycles. The van der Waals surface area contributed by atoms with Crippen LogP contribution in [0.4, 0.5) is 4.79 Å². The van der Waals surface area contributed by atoms with Crippen LogP contribution < -0.4 is 5.32 Å². The summed E-state index contributed by atoms with van der Waals surface area (Å²) in [5.74, 6) is -0.00836. The van der Waals surface area contributed by atoms with Gasteiger partial charge in [0.05, 0.1) is 0 Å². The first kappa shape index (κ1) is 18.3. The summed E-state index contributed by atoms with van der Waals surface area (Å²) >= 11 is 1.47. The zero-order valence-electron chi connectivity index (χ0n) is 13.0. The fourth-order valence-electron chi connectivity index (χ4n) is 1.57. The van der Waals surface area contributed by atoms with E-state index in [9.17, 15) is 9.59 Å². The van der Waals surface area contributed by atoms with Gasteiger partial charge in [0.15, 0.2) is 0 Å². The second kappa shape index (κ2) is 8.63.